The van der Waals surface area contributed by atoms with E-state index in [0.29, 0.717) is 23.3 Å². The highest BCUT2D eigenvalue weighted by atomic mass is 35.5. The van der Waals surface area contributed by atoms with E-state index in [1.165, 1.54) is 6.33 Å². The highest BCUT2D eigenvalue weighted by molar-refractivity contribution is 6.35. The van der Waals surface area contributed by atoms with Crippen molar-refractivity contribution in [1.82, 2.24) is 19.7 Å². The van der Waals surface area contributed by atoms with Gasteiger partial charge in [0.1, 0.15) is 23.0 Å². The van der Waals surface area contributed by atoms with Crippen molar-refractivity contribution >= 4 is 23.2 Å². The lowest BCUT2D eigenvalue weighted by Gasteiger charge is -2.31. The second-order valence-electron chi connectivity index (χ2n) is 5.63. The van der Waals surface area contributed by atoms with Crippen LogP contribution >= 0.6 is 11.6 Å². The van der Waals surface area contributed by atoms with E-state index in [2.05, 4.69) is 33.5 Å². The lowest BCUT2D eigenvalue weighted by Crippen LogP contribution is -2.28. The van der Waals surface area contributed by atoms with Crippen molar-refractivity contribution in [2.24, 2.45) is 5.92 Å². The first-order valence-electron chi connectivity index (χ1n) is 7.82. The van der Waals surface area contributed by atoms with Gasteiger partial charge in [0.2, 0.25) is 0 Å². The number of nitrogens with two attached hydrogens (primary N) is 1. The molecule has 7 nitrogen and oxygen atoms in total. The van der Waals surface area contributed by atoms with Crippen molar-refractivity contribution in [3.63, 3.8) is 0 Å². The van der Waals surface area contributed by atoms with E-state index in [1.807, 2.05) is 10.9 Å². The molecule has 124 valence electrons. The smallest absolute Gasteiger partial charge is 0.150 e. The normalized spacial score (nSPS) is 21.3. The maximum Gasteiger partial charge on any atom is 0.150 e. The Kier molecular flexibility index (Phi) is 4.97. The predicted molar refractivity (Wildman–Crippen MR) is 89.3 cm³/mol. The lowest BCUT2D eigenvalue weighted by atomic mass is 9.91. The molecule has 1 aliphatic heterocycles. The third kappa shape index (κ3) is 3.56. The van der Waals surface area contributed by atoms with Crippen molar-refractivity contribution in [2.45, 2.75) is 32.4 Å². The minimum absolute atomic E-state index is 0.0366. The van der Waals surface area contributed by atoms with Crippen molar-refractivity contribution < 1.29 is 4.74 Å². The van der Waals surface area contributed by atoms with Crippen LogP contribution in [0.1, 0.15) is 31.4 Å². The molecular formula is C15H21ClN6O. The Morgan fingerprint density at radius 2 is 2.35 bits per heavy atom. The summed E-state index contributed by atoms with van der Waals surface area (Å²) in [5, 5.41) is 7.98. The van der Waals surface area contributed by atoms with Gasteiger partial charge in [0.15, 0.2) is 0 Å². The van der Waals surface area contributed by atoms with Crippen LogP contribution in [0, 0.1) is 5.92 Å². The number of halogens is 1. The zero-order valence-corrected chi connectivity index (χ0v) is 13.8. The van der Waals surface area contributed by atoms with Crippen LogP contribution in [-0.4, -0.2) is 32.9 Å². The maximum absolute atomic E-state index is 6.13. The molecule has 2 atom stereocenters. The number of rotatable bonds is 5. The van der Waals surface area contributed by atoms with Gasteiger partial charge in [0.05, 0.1) is 12.3 Å². The molecule has 1 saturated heterocycles. The van der Waals surface area contributed by atoms with Crippen molar-refractivity contribution in [2.75, 3.05) is 24.2 Å². The Hall–Kier alpha value is -1.86. The molecule has 2 aromatic rings. The highest BCUT2D eigenvalue weighted by Crippen LogP contribution is 2.34. The maximum atomic E-state index is 6.13. The van der Waals surface area contributed by atoms with Gasteiger partial charge in [-0.25, -0.2) is 9.97 Å². The van der Waals surface area contributed by atoms with Gasteiger partial charge in [-0.2, -0.15) is 5.10 Å². The molecule has 23 heavy (non-hydrogen) atoms. The molecule has 3 N–H and O–H groups in total. The van der Waals surface area contributed by atoms with Crippen LogP contribution in [0.3, 0.4) is 0 Å². The van der Waals surface area contributed by atoms with Gasteiger partial charge in [0.25, 0.3) is 0 Å². The number of aryl methyl sites for hydroxylation is 1. The van der Waals surface area contributed by atoms with E-state index >= 15 is 0 Å². The number of nitrogens with one attached hydrogen (secondary N) is 1. The molecule has 8 heteroatoms. The van der Waals surface area contributed by atoms with E-state index in [9.17, 15) is 0 Å². The second kappa shape index (κ2) is 7.14. The predicted octanol–water partition coefficient (Wildman–Crippen LogP) is 2.51. The Balaban J connectivity index is 1.70. The summed E-state index contributed by atoms with van der Waals surface area (Å²) in [5.41, 5.74) is 6.82. The first-order chi connectivity index (χ1) is 11.2. The molecule has 0 bridgehead atoms. The Morgan fingerprint density at radius 3 is 3.13 bits per heavy atom. The second-order valence-corrected chi connectivity index (χ2v) is 6.00. The number of aromatic nitrogens is 4. The SMILES string of the molecule is CCn1cc([C@@H]2OCCC[C@H]2CNc2ncnc(N)c2Cl)cn1. The number of nitrogens with zero attached hydrogens (tertiary/aromatic N) is 4. The third-order valence-corrected chi connectivity index (χ3v) is 4.47. The summed E-state index contributed by atoms with van der Waals surface area (Å²) in [6, 6.07) is 0. The molecule has 0 spiro atoms. The topological polar surface area (TPSA) is 90.9 Å². The van der Waals surface area contributed by atoms with Gasteiger partial charge in [-0.15, -0.1) is 0 Å². The molecule has 0 aromatic carbocycles. The molecule has 0 amide bonds. The molecule has 0 aliphatic carbocycles. The summed E-state index contributed by atoms with van der Waals surface area (Å²) in [6.45, 7) is 4.41. The van der Waals surface area contributed by atoms with E-state index < -0.39 is 0 Å². The van der Waals surface area contributed by atoms with Crippen LogP contribution < -0.4 is 11.1 Å². The van der Waals surface area contributed by atoms with Gasteiger partial charge < -0.3 is 15.8 Å². The summed E-state index contributed by atoms with van der Waals surface area (Å²) in [5.74, 6) is 1.17. The summed E-state index contributed by atoms with van der Waals surface area (Å²) in [6.07, 6.45) is 7.51. The minimum atomic E-state index is 0.0366. The van der Waals surface area contributed by atoms with Crippen LogP contribution in [0.5, 0.6) is 0 Å². The van der Waals surface area contributed by atoms with E-state index in [4.69, 9.17) is 22.1 Å². The molecule has 2 aromatic heterocycles. The largest absolute Gasteiger partial charge is 0.382 e. The molecule has 0 unspecified atom stereocenters. The van der Waals surface area contributed by atoms with E-state index in [-0.39, 0.29) is 11.9 Å². The average molecular weight is 337 g/mol. The van der Waals surface area contributed by atoms with Crippen LogP contribution in [-0.2, 0) is 11.3 Å². The van der Waals surface area contributed by atoms with Gasteiger partial charge in [-0.3, -0.25) is 4.68 Å². The van der Waals surface area contributed by atoms with Gasteiger partial charge in [-0.1, -0.05) is 11.6 Å². The molecule has 3 heterocycles. The third-order valence-electron chi connectivity index (χ3n) is 4.10. The molecule has 1 fully saturated rings. The molecule has 1 aliphatic rings. The number of ether oxygens (including phenoxy) is 1. The molecule has 3 rings (SSSR count). The highest BCUT2D eigenvalue weighted by Gasteiger charge is 2.28. The van der Waals surface area contributed by atoms with Crippen molar-refractivity contribution in [3.8, 4) is 0 Å². The minimum Gasteiger partial charge on any atom is -0.382 e. The Bertz CT molecular complexity index is 661. The Labute approximate surface area is 140 Å². The first kappa shape index (κ1) is 16.0. The molecular weight excluding hydrogens is 316 g/mol. The van der Waals surface area contributed by atoms with Gasteiger partial charge >= 0.3 is 0 Å². The molecule has 0 saturated carbocycles. The fourth-order valence-corrected chi connectivity index (χ4v) is 3.02. The number of hydrogen-bond donors (Lipinski definition) is 2. The summed E-state index contributed by atoms with van der Waals surface area (Å²) < 4.78 is 7.91. The quantitative estimate of drug-likeness (QED) is 0.871. The zero-order valence-electron chi connectivity index (χ0n) is 13.1. The lowest BCUT2D eigenvalue weighted by molar-refractivity contribution is -0.0239. The Morgan fingerprint density at radius 1 is 1.48 bits per heavy atom. The number of hydrogen-bond acceptors (Lipinski definition) is 6. The van der Waals surface area contributed by atoms with Crippen LogP contribution in [0.25, 0.3) is 0 Å². The van der Waals surface area contributed by atoms with Crippen LogP contribution in [0.2, 0.25) is 5.02 Å². The van der Waals surface area contributed by atoms with Crippen LogP contribution in [0.4, 0.5) is 11.6 Å². The van der Waals surface area contributed by atoms with E-state index in [1.54, 1.807) is 0 Å². The standard InChI is InChI=1S/C15H21ClN6O/c1-2-22-8-11(7-21-22)13-10(4-3-5-23-13)6-18-15-12(16)14(17)19-9-20-15/h7-10,13H,2-6H2,1H3,(H3,17,18,19,20)/t10-,13+/m0/s1. The number of anilines is 2. The van der Waals surface area contributed by atoms with Gasteiger partial charge in [-0.05, 0) is 19.8 Å². The monoisotopic (exact) mass is 336 g/mol. The van der Waals surface area contributed by atoms with Gasteiger partial charge in [0, 0.05) is 37.4 Å². The van der Waals surface area contributed by atoms with Crippen molar-refractivity contribution in [3.05, 3.63) is 29.3 Å². The van der Waals surface area contributed by atoms with Crippen molar-refractivity contribution in [1.29, 1.82) is 0 Å². The first-order valence-corrected chi connectivity index (χ1v) is 8.20. The fraction of sp³-hybridized carbons (Fsp3) is 0.533. The number of nitrogen functional groups attached to an aromatic ring is 1. The zero-order chi connectivity index (χ0) is 16.2. The molecule has 0 radical (unpaired) electrons. The van der Waals surface area contributed by atoms with Crippen LogP contribution in [0.15, 0.2) is 18.7 Å². The average Bonchev–Trinajstić information content (AvgIpc) is 3.05. The summed E-state index contributed by atoms with van der Waals surface area (Å²) in [4.78, 5) is 8.02. The summed E-state index contributed by atoms with van der Waals surface area (Å²) >= 11 is 6.13. The summed E-state index contributed by atoms with van der Waals surface area (Å²) in [7, 11) is 0. The van der Waals surface area contributed by atoms with E-state index in [0.717, 1.165) is 31.6 Å². The fourth-order valence-electron chi connectivity index (χ4n) is 2.85.